The van der Waals surface area contributed by atoms with Crippen LogP contribution < -0.4 is 5.73 Å². The fourth-order valence-electron chi connectivity index (χ4n) is 1.48. The summed E-state index contributed by atoms with van der Waals surface area (Å²) in [5.74, 6) is -0.614. The van der Waals surface area contributed by atoms with Gasteiger partial charge in [0.25, 0.3) is 10.1 Å². The van der Waals surface area contributed by atoms with Gasteiger partial charge in [-0.1, -0.05) is 0 Å². The van der Waals surface area contributed by atoms with Gasteiger partial charge in [0.1, 0.15) is 18.4 Å². The van der Waals surface area contributed by atoms with Crippen LogP contribution in [0, 0.1) is 0 Å². The fourth-order valence-corrected chi connectivity index (χ4v) is 2.07. The molecule has 0 saturated carbocycles. The van der Waals surface area contributed by atoms with Crippen LogP contribution in [0.15, 0.2) is 0 Å². The van der Waals surface area contributed by atoms with E-state index in [1.165, 1.54) is 0 Å². The van der Waals surface area contributed by atoms with Gasteiger partial charge in [-0.2, -0.15) is 8.42 Å². The zero-order valence-electron chi connectivity index (χ0n) is 9.26. The smallest absolute Gasteiger partial charge is 0.267 e. The van der Waals surface area contributed by atoms with Crippen molar-refractivity contribution in [3.05, 3.63) is 0 Å². The van der Waals surface area contributed by atoms with E-state index in [2.05, 4.69) is 0 Å². The van der Waals surface area contributed by atoms with Crippen molar-refractivity contribution in [1.29, 1.82) is 0 Å². The Labute approximate surface area is 91.0 Å². The van der Waals surface area contributed by atoms with Crippen molar-refractivity contribution in [2.75, 3.05) is 39.5 Å². The Hall–Kier alpha value is -0.210. The molecule has 0 saturated heterocycles. The quantitative estimate of drug-likeness (QED) is 0.378. The summed E-state index contributed by atoms with van der Waals surface area (Å²) in [5, 5.41) is 9.43. The highest BCUT2D eigenvalue weighted by Crippen LogP contribution is 2.03. The van der Waals surface area contributed by atoms with Crippen LogP contribution in [0.25, 0.3) is 0 Å². The van der Waals surface area contributed by atoms with Gasteiger partial charge in [-0.3, -0.25) is 4.55 Å². The predicted octanol–water partition coefficient (Wildman–Crippen LogP) is -1.34. The third-order valence-electron chi connectivity index (χ3n) is 2.08. The fraction of sp³-hybridized carbons (Fsp3) is 1.00. The van der Waals surface area contributed by atoms with Gasteiger partial charge in [-0.15, -0.1) is 0 Å². The molecule has 7 heteroatoms. The molecular formula is C8H21N2O4S+. The largest absolute Gasteiger partial charge is 0.386 e. The second-order valence-corrected chi connectivity index (χ2v) is 5.88. The molecule has 1 atom stereocenters. The second-order valence-electron chi connectivity index (χ2n) is 4.39. The van der Waals surface area contributed by atoms with E-state index >= 15 is 0 Å². The molecule has 0 bridgehead atoms. The van der Waals surface area contributed by atoms with Crippen LogP contribution in [-0.4, -0.2) is 68.1 Å². The second kappa shape index (κ2) is 5.76. The van der Waals surface area contributed by atoms with Gasteiger partial charge in [-0.05, 0) is 6.54 Å². The van der Waals surface area contributed by atoms with Crippen molar-refractivity contribution in [2.24, 2.45) is 5.73 Å². The van der Waals surface area contributed by atoms with Crippen molar-refractivity contribution in [3.8, 4) is 0 Å². The van der Waals surface area contributed by atoms with E-state index in [0.717, 1.165) is 13.0 Å². The lowest BCUT2D eigenvalue weighted by Crippen LogP contribution is -2.48. The first-order valence-corrected chi connectivity index (χ1v) is 6.42. The topological polar surface area (TPSA) is 101 Å². The van der Waals surface area contributed by atoms with Crippen LogP contribution in [0.1, 0.15) is 6.42 Å². The standard InChI is InChI=1S/C8H20N2O4S/c1-10(2,5-3-4-9)6-8(11)7-15(12,13)14/h8,11H,3-7,9H2,1-2H3/p+1. The van der Waals surface area contributed by atoms with Gasteiger partial charge in [0.2, 0.25) is 0 Å². The molecule has 0 amide bonds. The summed E-state index contributed by atoms with van der Waals surface area (Å²) in [7, 11) is -0.345. The minimum Gasteiger partial charge on any atom is -0.386 e. The highest BCUT2D eigenvalue weighted by atomic mass is 32.2. The molecule has 15 heavy (non-hydrogen) atoms. The Morgan fingerprint density at radius 2 is 1.93 bits per heavy atom. The summed E-state index contributed by atoms with van der Waals surface area (Å²) in [6.45, 7) is 1.61. The summed E-state index contributed by atoms with van der Waals surface area (Å²) in [4.78, 5) is 0. The molecule has 1 unspecified atom stereocenters. The molecule has 0 aromatic rings. The number of aliphatic hydroxyl groups excluding tert-OH is 1. The summed E-state index contributed by atoms with van der Waals surface area (Å²) < 4.78 is 30.0. The van der Waals surface area contributed by atoms with Crippen molar-refractivity contribution < 1.29 is 22.6 Å². The first-order valence-electron chi connectivity index (χ1n) is 4.81. The van der Waals surface area contributed by atoms with Gasteiger partial charge < -0.3 is 15.3 Å². The first-order chi connectivity index (χ1) is 6.66. The van der Waals surface area contributed by atoms with E-state index in [-0.39, 0.29) is 6.54 Å². The zero-order chi connectivity index (χ0) is 12.1. The lowest BCUT2D eigenvalue weighted by molar-refractivity contribution is -0.893. The Morgan fingerprint density at radius 3 is 2.33 bits per heavy atom. The van der Waals surface area contributed by atoms with E-state index < -0.39 is 22.0 Å². The van der Waals surface area contributed by atoms with E-state index in [0.29, 0.717) is 11.0 Å². The number of nitrogens with two attached hydrogens (primary N) is 1. The summed E-state index contributed by atoms with van der Waals surface area (Å²) in [6, 6.07) is 0. The highest BCUT2D eigenvalue weighted by Gasteiger charge is 2.23. The number of likely N-dealkylation sites (N-methyl/N-ethyl adjacent to an activating group) is 1. The summed E-state index contributed by atoms with van der Waals surface area (Å²) in [5.41, 5.74) is 5.36. The molecular weight excluding hydrogens is 220 g/mol. The normalized spacial score (nSPS) is 15.3. The Kier molecular flexibility index (Phi) is 5.68. The number of nitrogens with zero attached hydrogens (tertiary/aromatic N) is 1. The summed E-state index contributed by atoms with van der Waals surface area (Å²) >= 11 is 0. The van der Waals surface area contributed by atoms with Crippen molar-refractivity contribution in [2.45, 2.75) is 12.5 Å². The maximum absolute atomic E-state index is 10.5. The third-order valence-corrected chi connectivity index (χ3v) is 2.88. The van der Waals surface area contributed by atoms with Gasteiger partial charge >= 0.3 is 0 Å². The molecule has 0 aliphatic rings. The van der Waals surface area contributed by atoms with Crippen molar-refractivity contribution in [1.82, 2.24) is 0 Å². The van der Waals surface area contributed by atoms with Crippen LogP contribution in [-0.2, 0) is 10.1 Å². The van der Waals surface area contributed by atoms with Crippen LogP contribution in [0.4, 0.5) is 0 Å². The lowest BCUT2D eigenvalue weighted by atomic mass is 10.3. The van der Waals surface area contributed by atoms with Crippen LogP contribution in [0.5, 0.6) is 0 Å². The molecule has 0 heterocycles. The first kappa shape index (κ1) is 14.8. The molecule has 92 valence electrons. The van der Waals surface area contributed by atoms with Gasteiger partial charge in [0.05, 0.1) is 20.6 Å². The van der Waals surface area contributed by atoms with E-state index in [1.54, 1.807) is 0 Å². The van der Waals surface area contributed by atoms with E-state index in [4.69, 9.17) is 10.3 Å². The molecule has 0 rings (SSSR count). The molecule has 0 fully saturated rings. The molecule has 0 aliphatic heterocycles. The third kappa shape index (κ3) is 8.76. The average molecular weight is 241 g/mol. The van der Waals surface area contributed by atoms with Gasteiger partial charge in [0.15, 0.2) is 0 Å². The molecule has 4 N–H and O–H groups in total. The maximum atomic E-state index is 10.5. The number of hydrogen-bond donors (Lipinski definition) is 3. The number of rotatable bonds is 7. The SMILES string of the molecule is C[N+](C)(CCCN)CC(O)CS(=O)(=O)O. The Bertz CT molecular complexity index is 276. The van der Waals surface area contributed by atoms with Crippen molar-refractivity contribution in [3.63, 3.8) is 0 Å². The monoisotopic (exact) mass is 241 g/mol. The van der Waals surface area contributed by atoms with Gasteiger partial charge in [-0.25, -0.2) is 0 Å². The van der Waals surface area contributed by atoms with E-state index in [1.807, 2.05) is 14.1 Å². The lowest BCUT2D eigenvalue weighted by Gasteiger charge is -2.31. The molecule has 0 radical (unpaired) electrons. The van der Waals surface area contributed by atoms with Crippen molar-refractivity contribution >= 4 is 10.1 Å². The summed E-state index contributed by atoms with van der Waals surface area (Å²) in [6.07, 6.45) is -0.237. The number of hydrogen-bond acceptors (Lipinski definition) is 4. The minimum atomic E-state index is -4.10. The van der Waals surface area contributed by atoms with Crippen LogP contribution >= 0.6 is 0 Å². The molecule has 0 aromatic heterocycles. The van der Waals surface area contributed by atoms with Crippen LogP contribution in [0.2, 0.25) is 0 Å². The molecule has 0 aromatic carbocycles. The Morgan fingerprint density at radius 1 is 1.40 bits per heavy atom. The van der Waals surface area contributed by atoms with Crippen LogP contribution in [0.3, 0.4) is 0 Å². The average Bonchev–Trinajstić information content (AvgIpc) is 1.95. The Balaban J connectivity index is 4.09. The maximum Gasteiger partial charge on any atom is 0.267 e. The number of aliphatic hydroxyl groups is 1. The molecule has 6 nitrogen and oxygen atoms in total. The minimum absolute atomic E-state index is 0.278. The predicted molar refractivity (Wildman–Crippen MR) is 57.9 cm³/mol. The molecule has 0 spiro atoms. The molecule has 0 aliphatic carbocycles. The highest BCUT2D eigenvalue weighted by molar-refractivity contribution is 7.85. The zero-order valence-corrected chi connectivity index (χ0v) is 10.1. The van der Waals surface area contributed by atoms with Gasteiger partial charge in [0, 0.05) is 6.42 Å². The van der Waals surface area contributed by atoms with E-state index in [9.17, 15) is 13.5 Å². The number of quaternary nitrogens is 1.